The highest BCUT2D eigenvalue weighted by Crippen LogP contribution is 2.22. The number of ketones is 1. The summed E-state index contributed by atoms with van der Waals surface area (Å²) in [6, 6.07) is 0. The van der Waals surface area contributed by atoms with Crippen LogP contribution >= 0.6 is 0 Å². The van der Waals surface area contributed by atoms with E-state index in [-0.39, 0.29) is 23.8 Å². The Morgan fingerprint density at radius 3 is 2.73 bits per heavy atom. The molecular weight excluding hydrogens is 144 g/mol. The topological polar surface area (TPSA) is 43.4 Å². The van der Waals surface area contributed by atoms with E-state index in [0.717, 1.165) is 0 Å². The normalized spacial score (nSPS) is 30.2. The average Bonchev–Trinajstić information content (AvgIpc) is 2.10. The first-order chi connectivity index (χ1) is 5.09. The van der Waals surface area contributed by atoms with Crippen LogP contribution in [0.3, 0.4) is 0 Å². The summed E-state index contributed by atoms with van der Waals surface area (Å²) in [6.07, 6.45) is 0.907. The highest BCUT2D eigenvalue weighted by molar-refractivity contribution is 5.78. The van der Waals surface area contributed by atoms with Gasteiger partial charge in [0.1, 0.15) is 11.9 Å². The van der Waals surface area contributed by atoms with Crippen molar-refractivity contribution in [3.8, 4) is 0 Å². The van der Waals surface area contributed by atoms with Crippen LogP contribution in [-0.4, -0.2) is 17.9 Å². The Morgan fingerprint density at radius 2 is 2.36 bits per heavy atom. The van der Waals surface area contributed by atoms with Crippen LogP contribution in [0.2, 0.25) is 0 Å². The summed E-state index contributed by atoms with van der Waals surface area (Å²) < 4.78 is 4.92. The van der Waals surface area contributed by atoms with Crippen molar-refractivity contribution in [2.45, 2.75) is 32.8 Å². The Balaban J connectivity index is 2.41. The lowest BCUT2D eigenvalue weighted by atomic mass is 10.0. The Labute approximate surface area is 65.7 Å². The van der Waals surface area contributed by atoms with Crippen molar-refractivity contribution < 1.29 is 14.3 Å². The van der Waals surface area contributed by atoms with Crippen molar-refractivity contribution in [2.24, 2.45) is 5.92 Å². The van der Waals surface area contributed by atoms with Crippen LogP contribution < -0.4 is 0 Å². The Morgan fingerprint density at radius 1 is 1.73 bits per heavy atom. The van der Waals surface area contributed by atoms with Crippen LogP contribution in [0.25, 0.3) is 0 Å². The minimum absolute atomic E-state index is 0.0284. The standard InChI is InChI=1S/C8H12O3/c1-5-3-7(4-6(2)9)11-8(5)10/h5,7H,3-4H2,1-2H3/t5-,7+/m0/s1. The van der Waals surface area contributed by atoms with Crippen molar-refractivity contribution in [1.29, 1.82) is 0 Å². The molecule has 11 heavy (non-hydrogen) atoms. The molecule has 1 saturated heterocycles. The van der Waals surface area contributed by atoms with Crippen LogP contribution in [0.1, 0.15) is 26.7 Å². The first-order valence-corrected chi connectivity index (χ1v) is 3.79. The quantitative estimate of drug-likeness (QED) is 0.558. The van der Waals surface area contributed by atoms with Crippen molar-refractivity contribution >= 4 is 11.8 Å². The third-order valence-corrected chi connectivity index (χ3v) is 1.82. The lowest BCUT2D eigenvalue weighted by Gasteiger charge is -2.04. The van der Waals surface area contributed by atoms with Crippen molar-refractivity contribution in [3.63, 3.8) is 0 Å². The summed E-state index contributed by atoms with van der Waals surface area (Å²) in [5, 5.41) is 0. The van der Waals surface area contributed by atoms with Crippen molar-refractivity contribution in [1.82, 2.24) is 0 Å². The molecule has 0 aromatic rings. The zero-order valence-electron chi connectivity index (χ0n) is 6.79. The molecule has 0 aliphatic carbocycles. The van der Waals surface area contributed by atoms with Gasteiger partial charge in [0.2, 0.25) is 0 Å². The highest BCUT2D eigenvalue weighted by Gasteiger charge is 2.31. The van der Waals surface area contributed by atoms with E-state index in [1.165, 1.54) is 6.92 Å². The van der Waals surface area contributed by atoms with Gasteiger partial charge in [0.05, 0.1) is 5.92 Å². The maximum Gasteiger partial charge on any atom is 0.309 e. The van der Waals surface area contributed by atoms with E-state index in [1.807, 2.05) is 6.92 Å². The molecule has 2 atom stereocenters. The first kappa shape index (κ1) is 8.24. The molecular formula is C8H12O3. The molecule has 0 amide bonds. The molecule has 0 aromatic heterocycles. The number of esters is 1. The van der Waals surface area contributed by atoms with Gasteiger partial charge in [-0.05, 0) is 13.3 Å². The van der Waals surface area contributed by atoms with Gasteiger partial charge in [0.15, 0.2) is 0 Å². The fraction of sp³-hybridized carbons (Fsp3) is 0.750. The van der Waals surface area contributed by atoms with Gasteiger partial charge in [-0.3, -0.25) is 9.59 Å². The minimum atomic E-state index is -0.170. The molecule has 0 aromatic carbocycles. The van der Waals surface area contributed by atoms with Crippen molar-refractivity contribution in [2.75, 3.05) is 0 Å². The molecule has 62 valence electrons. The van der Waals surface area contributed by atoms with Crippen molar-refractivity contribution in [3.05, 3.63) is 0 Å². The molecule has 0 bridgehead atoms. The van der Waals surface area contributed by atoms with E-state index in [2.05, 4.69) is 0 Å². The van der Waals surface area contributed by atoms with Crippen LogP contribution in [0.5, 0.6) is 0 Å². The van der Waals surface area contributed by atoms with Gasteiger partial charge in [0.25, 0.3) is 0 Å². The fourth-order valence-corrected chi connectivity index (χ4v) is 1.26. The van der Waals surface area contributed by atoms with E-state index >= 15 is 0 Å². The number of carbonyl (C=O) groups is 2. The molecule has 0 radical (unpaired) electrons. The second-order valence-corrected chi connectivity index (χ2v) is 3.10. The maximum atomic E-state index is 10.8. The molecule has 1 rings (SSSR count). The van der Waals surface area contributed by atoms with Gasteiger partial charge >= 0.3 is 5.97 Å². The number of rotatable bonds is 2. The Kier molecular flexibility index (Phi) is 2.27. The molecule has 0 N–H and O–H groups in total. The lowest BCUT2D eigenvalue weighted by Crippen LogP contribution is -2.10. The van der Waals surface area contributed by atoms with E-state index in [1.54, 1.807) is 0 Å². The third-order valence-electron chi connectivity index (χ3n) is 1.82. The minimum Gasteiger partial charge on any atom is -0.462 e. The zero-order valence-corrected chi connectivity index (χ0v) is 6.79. The Hall–Kier alpha value is -0.860. The number of hydrogen-bond acceptors (Lipinski definition) is 3. The molecule has 0 saturated carbocycles. The molecule has 0 spiro atoms. The van der Waals surface area contributed by atoms with Crippen LogP contribution in [0.4, 0.5) is 0 Å². The van der Waals surface area contributed by atoms with Gasteiger partial charge in [0, 0.05) is 6.42 Å². The Bertz CT molecular complexity index is 184. The van der Waals surface area contributed by atoms with Gasteiger partial charge in [-0.2, -0.15) is 0 Å². The average molecular weight is 156 g/mol. The summed E-state index contributed by atoms with van der Waals surface area (Å²) in [7, 11) is 0. The maximum absolute atomic E-state index is 10.8. The number of cyclic esters (lactones) is 1. The van der Waals surface area contributed by atoms with Crippen LogP contribution in [-0.2, 0) is 14.3 Å². The SMILES string of the molecule is CC(=O)C[C@H]1C[C@H](C)C(=O)O1. The first-order valence-electron chi connectivity index (χ1n) is 3.79. The molecule has 1 aliphatic rings. The number of ether oxygens (including phenoxy) is 1. The molecule has 1 fully saturated rings. The van der Waals surface area contributed by atoms with Gasteiger partial charge in [-0.1, -0.05) is 6.92 Å². The van der Waals surface area contributed by atoms with E-state index < -0.39 is 0 Å². The molecule has 1 heterocycles. The number of hydrogen-bond donors (Lipinski definition) is 0. The predicted octanol–water partition coefficient (Wildman–Crippen LogP) is 0.917. The molecule has 3 heteroatoms. The summed E-state index contributed by atoms with van der Waals surface area (Å²) >= 11 is 0. The lowest BCUT2D eigenvalue weighted by molar-refractivity contribution is -0.144. The van der Waals surface area contributed by atoms with E-state index in [9.17, 15) is 9.59 Å². The third kappa shape index (κ3) is 2.03. The van der Waals surface area contributed by atoms with Crippen LogP contribution in [0.15, 0.2) is 0 Å². The monoisotopic (exact) mass is 156 g/mol. The summed E-state index contributed by atoms with van der Waals surface area (Å²) in [5.74, 6) is -0.118. The number of carbonyl (C=O) groups excluding carboxylic acids is 2. The predicted molar refractivity (Wildman–Crippen MR) is 39.0 cm³/mol. The van der Waals surface area contributed by atoms with Crippen LogP contribution in [0, 0.1) is 5.92 Å². The number of Topliss-reactive ketones (excluding diaryl/α,β-unsaturated/α-hetero) is 1. The smallest absolute Gasteiger partial charge is 0.309 e. The summed E-state index contributed by atoms with van der Waals surface area (Å²) in [6.45, 7) is 3.33. The largest absolute Gasteiger partial charge is 0.462 e. The zero-order chi connectivity index (χ0) is 8.43. The summed E-state index contributed by atoms with van der Waals surface area (Å²) in [5.41, 5.74) is 0. The fourth-order valence-electron chi connectivity index (χ4n) is 1.26. The van der Waals surface area contributed by atoms with E-state index in [0.29, 0.717) is 12.8 Å². The van der Waals surface area contributed by atoms with E-state index in [4.69, 9.17) is 4.74 Å². The molecule has 1 aliphatic heterocycles. The second-order valence-electron chi connectivity index (χ2n) is 3.10. The van der Waals surface area contributed by atoms with Gasteiger partial charge in [-0.15, -0.1) is 0 Å². The van der Waals surface area contributed by atoms with Gasteiger partial charge in [-0.25, -0.2) is 0 Å². The molecule has 0 unspecified atom stereocenters. The molecule has 3 nitrogen and oxygen atoms in total. The highest BCUT2D eigenvalue weighted by atomic mass is 16.5. The second kappa shape index (κ2) is 3.03. The summed E-state index contributed by atoms with van der Waals surface area (Å²) in [4.78, 5) is 21.5. The van der Waals surface area contributed by atoms with Gasteiger partial charge < -0.3 is 4.74 Å².